The van der Waals surface area contributed by atoms with Crippen molar-refractivity contribution in [1.29, 1.82) is 0 Å². The minimum absolute atomic E-state index is 0.188. The second-order valence-electron chi connectivity index (χ2n) is 4.46. The Morgan fingerprint density at radius 2 is 2.35 bits per heavy atom. The van der Waals surface area contributed by atoms with E-state index in [9.17, 15) is 0 Å². The third-order valence-electron chi connectivity index (χ3n) is 3.19. The van der Waals surface area contributed by atoms with Crippen LogP contribution in [0.3, 0.4) is 0 Å². The molecule has 2 heteroatoms. The normalized spacial score (nSPS) is 19.2. The highest BCUT2D eigenvalue weighted by atomic mass is 16.5. The first-order valence-corrected chi connectivity index (χ1v) is 6.26. The van der Waals surface area contributed by atoms with Crippen molar-refractivity contribution >= 4 is 0 Å². The van der Waals surface area contributed by atoms with Crippen molar-refractivity contribution < 1.29 is 4.74 Å². The molecule has 1 heterocycles. The van der Waals surface area contributed by atoms with Gasteiger partial charge in [-0.1, -0.05) is 37.5 Å². The van der Waals surface area contributed by atoms with Crippen LogP contribution in [0.15, 0.2) is 24.3 Å². The van der Waals surface area contributed by atoms with Gasteiger partial charge in [0.15, 0.2) is 0 Å². The number of nitrogens with one attached hydrogen (secondary N) is 1. The van der Waals surface area contributed by atoms with Gasteiger partial charge in [0.25, 0.3) is 0 Å². The molecule has 0 aromatic heterocycles. The molecule has 1 aliphatic heterocycles. The number of ether oxygens (including phenoxy) is 1. The number of hydrogen-bond donors (Lipinski definition) is 1. The Labute approximate surface area is 103 Å². The summed E-state index contributed by atoms with van der Waals surface area (Å²) in [6.45, 7) is 3.81. The number of rotatable bonds is 5. The molecule has 2 rings (SSSR count). The molecule has 0 spiro atoms. The minimum Gasteiger partial charge on any atom is -0.493 e. The highest BCUT2D eigenvalue weighted by Crippen LogP contribution is 2.32. The van der Waals surface area contributed by atoms with Gasteiger partial charge in [-0.05, 0) is 12.5 Å². The van der Waals surface area contributed by atoms with Crippen LogP contribution in [0.5, 0.6) is 5.75 Å². The van der Waals surface area contributed by atoms with Gasteiger partial charge in [-0.2, -0.15) is 0 Å². The second kappa shape index (κ2) is 5.75. The van der Waals surface area contributed by atoms with E-state index >= 15 is 0 Å². The number of terminal acetylenes is 1. The van der Waals surface area contributed by atoms with E-state index < -0.39 is 0 Å². The zero-order valence-electron chi connectivity index (χ0n) is 10.3. The first-order chi connectivity index (χ1) is 8.35. The molecule has 1 aromatic carbocycles. The van der Waals surface area contributed by atoms with Crippen LogP contribution >= 0.6 is 0 Å². The summed E-state index contributed by atoms with van der Waals surface area (Å²) in [5.41, 5.74) is 1.30. The van der Waals surface area contributed by atoms with Crippen LogP contribution in [0.4, 0.5) is 0 Å². The number of hydrogen-bond acceptors (Lipinski definition) is 2. The van der Waals surface area contributed by atoms with Crippen LogP contribution < -0.4 is 10.1 Å². The van der Waals surface area contributed by atoms with Crippen molar-refractivity contribution in [3.8, 4) is 18.1 Å². The topological polar surface area (TPSA) is 21.3 Å². The molecule has 0 bridgehead atoms. The Bertz CT molecular complexity index is 408. The summed E-state index contributed by atoms with van der Waals surface area (Å²) >= 11 is 0. The number of benzene rings is 1. The monoisotopic (exact) mass is 229 g/mol. The fourth-order valence-electron chi connectivity index (χ4n) is 2.22. The van der Waals surface area contributed by atoms with E-state index in [1.165, 1.54) is 5.56 Å². The maximum atomic E-state index is 5.65. The lowest BCUT2D eigenvalue weighted by Crippen LogP contribution is -2.32. The van der Waals surface area contributed by atoms with E-state index in [0.29, 0.717) is 5.92 Å². The number of fused-ring (bicyclic) bond motifs is 1. The molecule has 90 valence electrons. The average molecular weight is 229 g/mol. The van der Waals surface area contributed by atoms with Crippen LogP contribution in [0.25, 0.3) is 0 Å². The number of para-hydroxylation sites is 1. The predicted octanol–water partition coefficient (Wildman–Crippen LogP) is 2.55. The molecule has 0 fully saturated rings. The van der Waals surface area contributed by atoms with Crippen molar-refractivity contribution in [2.75, 3.05) is 13.2 Å². The van der Waals surface area contributed by atoms with Crippen LogP contribution in [-0.4, -0.2) is 19.2 Å². The van der Waals surface area contributed by atoms with Crippen LogP contribution in [0, 0.1) is 12.3 Å². The van der Waals surface area contributed by atoms with Gasteiger partial charge in [0.05, 0.1) is 12.6 Å². The Hall–Kier alpha value is -1.46. The highest BCUT2D eigenvalue weighted by Gasteiger charge is 2.23. The van der Waals surface area contributed by atoms with E-state index in [0.717, 1.165) is 31.7 Å². The Kier molecular flexibility index (Phi) is 4.06. The van der Waals surface area contributed by atoms with E-state index in [4.69, 9.17) is 11.2 Å². The summed E-state index contributed by atoms with van der Waals surface area (Å²) in [6, 6.07) is 8.42. The summed E-state index contributed by atoms with van der Waals surface area (Å²) in [5.74, 6) is 4.25. The fourth-order valence-corrected chi connectivity index (χ4v) is 2.22. The molecular weight excluding hydrogens is 210 g/mol. The lowest BCUT2D eigenvalue weighted by molar-refractivity contribution is 0.324. The molecule has 0 saturated carbocycles. The van der Waals surface area contributed by atoms with Crippen LogP contribution in [0.2, 0.25) is 0 Å². The first kappa shape index (κ1) is 12.0. The fraction of sp³-hybridized carbons (Fsp3) is 0.467. The molecule has 0 amide bonds. The Morgan fingerprint density at radius 3 is 3.12 bits per heavy atom. The molecule has 1 aromatic rings. The van der Waals surface area contributed by atoms with Gasteiger partial charge in [0.2, 0.25) is 0 Å². The average Bonchev–Trinajstić information content (AvgIpc) is 2.78. The lowest BCUT2D eigenvalue weighted by atomic mass is 10.0. The minimum atomic E-state index is 0.188. The molecule has 17 heavy (non-hydrogen) atoms. The lowest BCUT2D eigenvalue weighted by Gasteiger charge is -2.15. The maximum absolute atomic E-state index is 5.65. The van der Waals surface area contributed by atoms with Gasteiger partial charge in [0.1, 0.15) is 5.75 Å². The summed E-state index contributed by atoms with van der Waals surface area (Å²) in [5, 5.41) is 3.44. The molecule has 0 saturated heterocycles. The standard InChI is InChI=1S/C15H19NO/c1-3-7-13(4-2)16-10-12-11-17-15-9-6-5-8-14(12)15/h2,5-6,8-9,12-13,16H,3,7,10-11H2,1H3. The molecule has 0 aliphatic carbocycles. The zero-order valence-corrected chi connectivity index (χ0v) is 10.3. The second-order valence-corrected chi connectivity index (χ2v) is 4.46. The molecule has 2 atom stereocenters. The molecule has 0 radical (unpaired) electrons. The van der Waals surface area contributed by atoms with E-state index in [2.05, 4.69) is 30.3 Å². The zero-order chi connectivity index (χ0) is 12.1. The van der Waals surface area contributed by atoms with Crippen LogP contribution in [-0.2, 0) is 0 Å². The van der Waals surface area contributed by atoms with Gasteiger partial charge >= 0.3 is 0 Å². The van der Waals surface area contributed by atoms with Crippen molar-refractivity contribution in [1.82, 2.24) is 5.32 Å². The van der Waals surface area contributed by atoms with Gasteiger partial charge in [-0.3, -0.25) is 0 Å². The molecule has 1 N–H and O–H groups in total. The van der Waals surface area contributed by atoms with Crippen LogP contribution in [0.1, 0.15) is 31.2 Å². The van der Waals surface area contributed by atoms with Crippen molar-refractivity contribution in [2.24, 2.45) is 0 Å². The summed E-state index contributed by atoms with van der Waals surface area (Å²) in [4.78, 5) is 0. The molecule has 2 unspecified atom stereocenters. The molecular formula is C15H19NO. The highest BCUT2D eigenvalue weighted by molar-refractivity contribution is 5.39. The van der Waals surface area contributed by atoms with Crippen molar-refractivity contribution in [3.05, 3.63) is 29.8 Å². The molecule has 1 aliphatic rings. The summed E-state index contributed by atoms with van der Waals surface area (Å²) in [6.07, 6.45) is 7.64. The summed E-state index contributed by atoms with van der Waals surface area (Å²) in [7, 11) is 0. The van der Waals surface area contributed by atoms with Crippen molar-refractivity contribution in [3.63, 3.8) is 0 Å². The van der Waals surface area contributed by atoms with Gasteiger partial charge in [-0.15, -0.1) is 6.42 Å². The first-order valence-electron chi connectivity index (χ1n) is 6.26. The van der Waals surface area contributed by atoms with E-state index in [1.807, 2.05) is 12.1 Å². The van der Waals surface area contributed by atoms with Gasteiger partial charge < -0.3 is 10.1 Å². The maximum Gasteiger partial charge on any atom is 0.122 e. The smallest absolute Gasteiger partial charge is 0.122 e. The van der Waals surface area contributed by atoms with E-state index in [-0.39, 0.29) is 6.04 Å². The molecule has 2 nitrogen and oxygen atoms in total. The SMILES string of the molecule is C#CC(CCC)NCC1COc2ccccc21. The Balaban J connectivity index is 1.92. The summed E-state index contributed by atoms with van der Waals surface area (Å²) < 4.78 is 5.65. The Morgan fingerprint density at radius 1 is 1.53 bits per heavy atom. The predicted molar refractivity (Wildman–Crippen MR) is 70.2 cm³/mol. The largest absolute Gasteiger partial charge is 0.493 e. The van der Waals surface area contributed by atoms with E-state index in [1.54, 1.807) is 0 Å². The third-order valence-corrected chi connectivity index (χ3v) is 3.19. The quantitative estimate of drug-likeness (QED) is 0.783. The van der Waals surface area contributed by atoms with Crippen molar-refractivity contribution in [2.45, 2.75) is 31.7 Å². The third kappa shape index (κ3) is 2.81. The van der Waals surface area contributed by atoms with Gasteiger partial charge in [0, 0.05) is 18.0 Å². The van der Waals surface area contributed by atoms with Gasteiger partial charge in [-0.25, -0.2) is 0 Å².